The zero-order valence-electron chi connectivity index (χ0n) is 21.7. The van der Waals surface area contributed by atoms with Crippen molar-refractivity contribution in [2.75, 3.05) is 24.7 Å². The number of nitrogens with zero attached hydrogens (tertiary/aromatic N) is 4. The Morgan fingerprint density at radius 3 is 2.34 bits per heavy atom. The van der Waals surface area contributed by atoms with Crippen LogP contribution >= 0.6 is 0 Å². The highest BCUT2D eigenvalue weighted by Gasteiger charge is 2.31. The zero-order chi connectivity index (χ0) is 29.9. The highest BCUT2D eigenvalue weighted by molar-refractivity contribution is 7.90. The van der Waals surface area contributed by atoms with E-state index >= 15 is 0 Å². The van der Waals surface area contributed by atoms with Gasteiger partial charge in [-0.3, -0.25) is 0 Å². The van der Waals surface area contributed by atoms with Gasteiger partial charge in [-0.15, -0.1) is 0 Å². The number of sulfone groups is 1. The first-order valence-electron chi connectivity index (χ1n) is 12.2. The van der Waals surface area contributed by atoms with E-state index in [0.29, 0.717) is 24.1 Å². The average Bonchev–Trinajstić information content (AvgIpc) is 2.92. The second-order valence-electron chi connectivity index (χ2n) is 9.31. The van der Waals surface area contributed by atoms with Gasteiger partial charge in [0.25, 0.3) is 0 Å². The maximum absolute atomic E-state index is 14.0. The van der Waals surface area contributed by atoms with Crippen molar-refractivity contribution in [2.24, 2.45) is 5.16 Å². The number of likely N-dealkylation sites (tertiary alicyclic amines) is 1. The summed E-state index contributed by atoms with van der Waals surface area (Å²) in [5, 5.41) is 5.72. The fourth-order valence-corrected chi connectivity index (χ4v) is 4.71. The summed E-state index contributed by atoms with van der Waals surface area (Å²) in [6, 6.07) is 6.63. The van der Waals surface area contributed by atoms with Crippen molar-refractivity contribution in [1.82, 2.24) is 14.9 Å². The Kier molecular flexibility index (Phi) is 8.56. The predicted molar refractivity (Wildman–Crippen MR) is 138 cm³/mol. The lowest BCUT2D eigenvalue weighted by Crippen LogP contribution is -2.41. The molecule has 3 aromatic rings. The molecule has 1 N–H and O–H groups in total. The number of para-hydroxylation sites is 1. The van der Waals surface area contributed by atoms with Crippen LogP contribution in [0.15, 0.2) is 59.0 Å². The third-order valence-electron chi connectivity index (χ3n) is 6.33. The standard InChI is InChI=1S/C26H24F5N5O4S/c1-15(35-40-18-6-3-5-17(13-18)26(29,30)31)19-14-32-24(41(2,38)39)33-22(19)16-9-11-36(12-10-16)25(37)34-23-20(27)7-4-8-21(23)28/h3-8,13-14,16H,9-12H2,1-2H3,(H,34,37). The molecule has 0 atom stereocenters. The van der Waals surface area contributed by atoms with Crippen molar-refractivity contribution in [1.29, 1.82) is 0 Å². The number of hydrogen-bond donors (Lipinski definition) is 1. The monoisotopic (exact) mass is 597 g/mol. The Balaban J connectivity index is 1.55. The molecule has 1 saturated heterocycles. The number of halogens is 5. The summed E-state index contributed by atoms with van der Waals surface area (Å²) in [5.74, 6) is -2.38. The Bertz CT molecular complexity index is 1570. The minimum absolute atomic E-state index is 0.154. The molecular weight excluding hydrogens is 573 g/mol. The first-order chi connectivity index (χ1) is 19.2. The van der Waals surface area contributed by atoms with Gasteiger partial charge in [-0.2, -0.15) is 13.2 Å². The molecule has 15 heteroatoms. The summed E-state index contributed by atoms with van der Waals surface area (Å²) < 4.78 is 91.3. The molecule has 0 radical (unpaired) electrons. The van der Waals surface area contributed by atoms with Crippen LogP contribution in [0.25, 0.3) is 0 Å². The molecule has 0 spiro atoms. The molecule has 41 heavy (non-hydrogen) atoms. The van der Waals surface area contributed by atoms with Crippen LogP contribution in [-0.4, -0.2) is 54.4 Å². The lowest BCUT2D eigenvalue weighted by molar-refractivity contribution is -0.137. The summed E-state index contributed by atoms with van der Waals surface area (Å²) in [6.07, 6.45) is -1.77. The maximum atomic E-state index is 14.0. The Morgan fingerprint density at radius 2 is 1.73 bits per heavy atom. The minimum Gasteiger partial charge on any atom is -0.357 e. The van der Waals surface area contributed by atoms with Gasteiger partial charge in [-0.25, -0.2) is 32.0 Å². The smallest absolute Gasteiger partial charge is 0.357 e. The minimum atomic E-state index is -4.57. The van der Waals surface area contributed by atoms with Crippen LogP contribution in [0.3, 0.4) is 0 Å². The van der Waals surface area contributed by atoms with E-state index < -0.39 is 50.1 Å². The topological polar surface area (TPSA) is 114 Å². The number of amides is 2. The molecule has 9 nitrogen and oxygen atoms in total. The number of benzene rings is 2. The molecular formula is C26H24F5N5O4S. The SMILES string of the molecule is CC(=NOc1cccc(C(F)(F)F)c1)c1cnc(S(C)(=O)=O)nc1C1CCN(C(=O)Nc2c(F)cccc2F)CC1. The number of rotatable bonds is 6. The highest BCUT2D eigenvalue weighted by Crippen LogP contribution is 2.32. The van der Waals surface area contributed by atoms with Gasteiger partial charge < -0.3 is 15.1 Å². The molecule has 1 fully saturated rings. The third-order valence-corrected chi connectivity index (χ3v) is 7.19. The van der Waals surface area contributed by atoms with Crippen molar-refractivity contribution >= 4 is 27.3 Å². The first-order valence-corrected chi connectivity index (χ1v) is 14.1. The number of urea groups is 1. The van der Waals surface area contributed by atoms with Crippen LogP contribution in [0.1, 0.15) is 42.5 Å². The van der Waals surface area contributed by atoms with Crippen LogP contribution < -0.4 is 10.2 Å². The first kappa shape index (κ1) is 29.8. The molecule has 0 aliphatic carbocycles. The number of piperidine rings is 1. The molecule has 0 saturated carbocycles. The molecule has 218 valence electrons. The fraction of sp³-hybridized carbons (Fsp3) is 0.308. The number of anilines is 1. The summed E-state index contributed by atoms with van der Waals surface area (Å²) in [7, 11) is -3.79. The van der Waals surface area contributed by atoms with Crippen molar-refractivity contribution in [3.8, 4) is 5.75 Å². The Labute approximate surface area is 232 Å². The normalized spacial score (nSPS) is 15.1. The zero-order valence-corrected chi connectivity index (χ0v) is 22.6. The largest absolute Gasteiger partial charge is 0.416 e. The molecule has 2 aromatic carbocycles. The van der Waals surface area contributed by atoms with Crippen LogP contribution in [-0.2, 0) is 16.0 Å². The van der Waals surface area contributed by atoms with Crippen molar-refractivity contribution in [3.05, 3.63) is 77.1 Å². The van der Waals surface area contributed by atoms with E-state index in [9.17, 15) is 35.2 Å². The highest BCUT2D eigenvalue weighted by atomic mass is 32.2. The predicted octanol–water partition coefficient (Wildman–Crippen LogP) is 5.39. The molecule has 0 unspecified atom stereocenters. The fourth-order valence-electron chi connectivity index (χ4n) is 4.21. The van der Waals surface area contributed by atoms with Gasteiger partial charge in [0.2, 0.25) is 15.0 Å². The van der Waals surface area contributed by atoms with E-state index in [2.05, 4.69) is 20.4 Å². The number of hydrogen-bond acceptors (Lipinski definition) is 7. The number of carbonyl (C=O) groups is 1. The van der Waals surface area contributed by atoms with Gasteiger partial charge in [-0.05, 0) is 50.1 Å². The van der Waals surface area contributed by atoms with Crippen LogP contribution in [0.2, 0.25) is 0 Å². The second kappa shape index (κ2) is 11.8. The van der Waals surface area contributed by atoms with E-state index in [4.69, 9.17) is 4.84 Å². The molecule has 1 aromatic heterocycles. The third kappa shape index (κ3) is 7.14. The number of alkyl halides is 3. The van der Waals surface area contributed by atoms with E-state index in [0.717, 1.165) is 30.5 Å². The number of aromatic nitrogens is 2. The van der Waals surface area contributed by atoms with E-state index in [1.807, 2.05) is 0 Å². The molecule has 2 amide bonds. The van der Waals surface area contributed by atoms with Gasteiger partial charge in [-0.1, -0.05) is 17.3 Å². The molecule has 1 aliphatic rings. The molecule has 1 aliphatic heterocycles. The lowest BCUT2D eigenvalue weighted by Gasteiger charge is -2.32. The average molecular weight is 598 g/mol. The summed E-state index contributed by atoms with van der Waals surface area (Å²) in [5.41, 5.74) is -0.705. The van der Waals surface area contributed by atoms with E-state index in [1.165, 1.54) is 36.2 Å². The number of oxime groups is 1. The van der Waals surface area contributed by atoms with Crippen LogP contribution in [0.5, 0.6) is 5.75 Å². The Hall–Kier alpha value is -4.14. The molecule has 0 bridgehead atoms. The lowest BCUT2D eigenvalue weighted by atomic mass is 9.90. The summed E-state index contributed by atoms with van der Waals surface area (Å²) in [6.45, 7) is 1.81. The summed E-state index contributed by atoms with van der Waals surface area (Å²) in [4.78, 5) is 27.4. The van der Waals surface area contributed by atoms with Gasteiger partial charge in [0.05, 0.1) is 17.0 Å². The van der Waals surface area contributed by atoms with Crippen molar-refractivity contribution in [3.63, 3.8) is 0 Å². The van der Waals surface area contributed by atoms with Crippen molar-refractivity contribution < 1.29 is 40.0 Å². The molecule has 4 rings (SSSR count). The molecule has 2 heterocycles. The van der Waals surface area contributed by atoms with Gasteiger partial charge in [0, 0.05) is 37.0 Å². The maximum Gasteiger partial charge on any atom is 0.416 e. The Morgan fingerprint density at radius 1 is 1.10 bits per heavy atom. The van der Waals surface area contributed by atoms with Crippen LogP contribution in [0.4, 0.5) is 32.4 Å². The second-order valence-corrected chi connectivity index (χ2v) is 11.2. The van der Waals surface area contributed by atoms with E-state index in [1.54, 1.807) is 0 Å². The number of nitrogens with one attached hydrogen (secondary N) is 1. The summed E-state index contributed by atoms with van der Waals surface area (Å²) >= 11 is 0. The van der Waals surface area contributed by atoms with Gasteiger partial charge in [0.15, 0.2) is 5.75 Å². The van der Waals surface area contributed by atoms with E-state index in [-0.39, 0.29) is 30.5 Å². The van der Waals surface area contributed by atoms with Gasteiger partial charge >= 0.3 is 12.2 Å². The van der Waals surface area contributed by atoms with Gasteiger partial charge in [0.1, 0.15) is 17.3 Å². The quantitative estimate of drug-likeness (QED) is 0.176. The van der Waals surface area contributed by atoms with Crippen LogP contribution in [0, 0.1) is 11.6 Å². The van der Waals surface area contributed by atoms with Crippen molar-refractivity contribution in [2.45, 2.75) is 37.0 Å². The number of carbonyl (C=O) groups excluding carboxylic acids is 1.